The van der Waals surface area contributed by atoms with Gasteiger partial charge in [0.05, 0.1) is 23.6 Å². The number of hydrogen-bond acceptors (Lipinski definition) is 6. The van der Waals surface area contributed by atoms with Crippen LogP contribution in [0.5, 0.6) is 5.75 Å². The summed E-state index contributed by atoms with van der Waals surface area (Å²) in [5.74, 6) is -0.380. The number of nitrogens with two attached hydrogens (primary N) is 1. The molecule has 2 N–H and O–H groups in total. The van der Waals surface area contributed by atoms with E-state index in [1.165, 1.54) is 24.2 Å². The summed E-state index contributed by atoms with van der Waals surface area (Å²) in [4.78, 5) is 9.95. The number of hydrogen-bond donors (Lipinski definition) is 1. The van der Waals surface area contributed by atoms with Gasteiger partial charge in [-0.25, -0.2) is 27.8 Å². The molecule has 7 nitrogen and oxygen atoms in total. The van der Waals surface area contributed by atoms with E-state index in [1.807, 2.05) is 11.9 Å². The van der Waals surface area contributed by atoms with E-state index in [2.05, 4.69) is 15.1 Å². The highest BCUT2D eigenvalue weighted by Crippen LogP contribution is 2.43. The molecular formula is C19H20ClF3N6O. The highest BCUT2D eigenvalue weighted by atomic mass is 35.5. The van der Waals surface area contributed by atoms with Crippen molar-refractivity contribution >= 4 is 28.5 Å². The lowest BCUT2D eigenvalue weighted by molar-refractivity contribution is 0.146. The third kappa shape index (κ3) is 3.14. The molecule has 3 aromatic rings. The van der Waals surface area contributed by atoms with Gasteiger partial charge in [-0.3, -0.25) is 0 Å². The molecule has 1 aromatic carbocycles. The number of likely N-dealkylation sites (tertiary alicyclic amines) is 1. The predicted octanol–water partition coefficient (Wildman–Crippen LogP) is 3.79. The Morgan fingerprint density at radius 2 is 2.00 bits per heavy atom. The number of nitrogens with zero attached hydrogens (tertiary/aromatic N) is 5. The summed E-state index contributed by atoms with van der Waals surface area (Å²) in [6.45, 7) is 3.04. The number of likely N-dealkylation sites (N-methyl/N-ethyl adjacent to an activating group) is 1. The third-order valence-electron chi connectivity index (χ3n) is 5.48. The van der Waals surface area contributed by atoms with Crippen molar-refractivity contribution in [3.8, 4) is 5.75 Å². The first-order valence-electron chi connectivity index (χ1n) is 9.25. The fourth-order valence-corrected chi connectivity index (χ4v) is 4.23. The van der Waals surface area contributed by atoms with Crippen LogP contribution >= 0.6 is 11.6 Å². The van der Waals surface area contributed by atoms with Crippen molar-refractivity contribution in [2.45, 2.75) is 25.3 Å². The van der Waals surface area contributed by atoms with Gasteiger partial charge >= 0.3 is 0 Å². The molecule has 1 fully saturated rings. The van der Waals surface area contributed by atoms with Crippen molar-refractivity contribution in [1.29, 1.82) is 0 Å². The molecule has 0 unspecified atom stereocenters. The second-order valence-corrected chi connectivity index (χ2v) is 7.80. The van der Waals surface area contributed by atoms with Crippen LogP contribution in [0, 0.1) is 5.82 Å². The maximum absolute atomic E-state index is 14.9. The van der Waals surface area contributed by atoms with Crippen LogP contribution in [-0.4, -0.2) is 51.9 Å². The highest BCUT2D eigenvalue weighted by molar-refractivity contribution is 6.31. The van der Waals surface area contributed by atoms with Crippen molar-refractivity contribution < 1.29 is 17.9 Å². The second kappa shape index (κ2) is 7.59. The van der Waals surface area contributed by atoms with Gasteiger partial charge in [0.2, 0.25) is 0 Å². The number of methoxy groups -OCH3 is 1. The van der Waals surface area contributed by atoms with Crippen LogP contribution in [-0.2, 0) is 0 Å². The molecule has 4 rings (SSSR count). The minimum Gasteiger partial charge on any atom is -0.496 e. The topological polar surface area (TPSA) is 82.1 Å². The summed E-state index contributed by atoms with van der Waals surface area (Å²) in [5.41, 5.74) is 6.34. The van der Waals surface area contributed by atoms with Crippen LogP contribution in [0.4, 0.5) is 19.0 Å². The molecular weight excluding hydrogens is 421 g/mol. The van der Waals surface area contributed by atoms with Crippen LogP contribution in [0.25, 0.3) is 11.0 Å². The first kappa shape index (κ1) is 20.7. The predicted molar refractivity (Wildman–Crippen MR) is 107 cm³/mol. The molecule has 1 aliphatic heterocycles. The van der Waals surface area contributed by atoms with Gasteiger partial charge in [0.25, 0.3) is 6.43 Å². The van der Waals surface area contributed by atoms with E-state index in [9.17, 15) is 13.2 Å². The van der Waals surface area contributed by atoms with Gasteiger partial charge < -0.3 is 15.4 Å². The molecule has 0 spiro atoms. The molecule has 1 aliphatic rings. The van der Waals surface area contributed by atoms with Crippen LogP contribution in [0.3, 0.4) is 0 Å². The van der Waals surface area contributed by atoms with Crippen LogP contribution in [0.15, 0.2) is 12.4 Å². The number of benzene rings is 1. The Hall–Kier alpha value is -2.59. The smallest absolute Gasteiger partial charge is 0.282 e. The molecule has 0 aliphatic carbocycles. The maximum Gasteiger partial charge on any atom is 0.282 e. The second-order valence-electron chi connectivity index (χ2n) is 7.39. The van der Waals surface area contributed by atoms with Crippen molar-refractivity contribution in [3.63, 3.8) is 0 Å². The van der Waals surface area contributed by atoms with E-state index in [1.54, 1.807) is 6.92 Å². The van der Waals surface area contributed by atoms with E-state index >= 15 is 0 Å². The lowest BCUT2D eigenvalue weighted by atomic mass is 9.88. The van der Waals surface area contributed by atoms with Crippen molar-refractivity contribution in [2.24, 2.45) is 0 Å². The minimum atomic E-state index is -2.87. The number of nitrogen functional groups attached to an aromatic ring is 1. The minimum absolute atomic E-state index is 0.00707. The number of halogens is 4. The number of fused-ring (bicyclic) bond motifs is 1. The normalized spacial score (nSPS) is 16.3. The van der Waals surface area contributed by atoms with E-state index in [0.29, 0.717) is 30.0 Å². The molecule has 1 saturated heterocycles. The SMILES string of the molecule is COc1c([C@@H](C)n2nc(C(F)F)c3c(N)ncnc32)cc(Cl)c(F)c1C1CN(C)C1. The summed E-state index contributed by atoms with van der Waals surface area (Å²) in [6.07, 6.45) is -1.68. The Morgan fingerprint density at radius 1 is 1.30 bits per heavy atom. The zero-order chi connectivity index (χ0) is 21.7. The van der Waals surface area contributed by atoms with Crippen molar-refractivity contribution in [1.82, 2.24) is 24.6 Å². The monoisotopic (exact) mass is 440 g/mol. The lowest BCUT2D eigenvalue weighted by Crippen LogP contribution is -2.42. The zero-order valence-electron chi connectivity index (χ0n) is 16.5. The highest BCUT2D eigenvalue weighted by Gasteiger charge is 2.34. The van der Waals surface area contributed by atoms with Crippen LogP contribution in [0.1, 0.15) is 42.1 Å². The molecule has 1 atom stereocenters. The molecule has 30 heavy (non-hydrogen) atoms. The largest absolute Gasteiger partial charge is 0.496 e. The number of ether oxygens (including phenoxy) is 1. The Bertz CT molecular complexity index is 1120. The Labute approximate surface area is 175 Å². The molecule has 3 heterocycles. The molecule has 0 bridgehead atoms. The van der Waals surface area contributed by atoms with Gasteiger partial charge in [0.15, 0.2) is 5.65 Å². The lowest BCUT2D eigenvalue weighted by Gasteiger charge is -2.38. The van der Waals surface area contributed by atoms with Gasteiger partial charge in [-0.15, -0.1) is 0 Å². The van der Waals surface area contributed by atoms with Crippen molar-refractivity contribution in [2.75, 3.05) is 33.0 Å². The molecule has 11 heteroatoms. The fourth-order valence-electron chi connectivity index (χ4n) is 4.01. The summed E-state index contributed by atoms with van der Waals surface area (Å²) >= 11 is 6.20. The molecule has 0 amide bonds. The quantitative estimate of drug-likeness (QED) is 0.650. The van der Waals surface area contributed by atoms with Crippen LogP contribution in [0.2, 0.25) is 5.02 Å². The van der Waals surface area contributed by atoms with Gasteiger partial charge in [-0.05, 0) is 20.0 Å². The summed E-state index contributed by atoms with van der Waals surface area (Å²) in [7, 11) is 3.37. The maximum atomic E-state index is 14.9. The third-order valence-corrected chi connectivity index (χ3v) is 5.76. The van der Waals surface area contributed by atoms with Gasteiger partial charge in [0.1, 0.15) is 29.4 Å². The number of aromatic nitrogens is 4. The summed E-state index contributed by atoms with van der Waals surface area (Å²) < 4.78 is 49.0. The number of anilines is 1. The Morgan fingerprint density at radius 3 is 2.60 bits per heavy atom. The average molecular weight is 441 g/mol. The van der Waals surface area contributed by atoms with E-state index in [4.69, 9.17) is 22.1 Å². The first-order valence-corrected chi connectivity index (χ1v) is 9.63. The summed E-state index contributed by atoms with van der Waals surface area (Å²) in [6, 6.07) is 0.797. The molecule has 0 radical (unpaired) electrons. The Balaban J connectivity index is 1.91. The van der Waals surface area contributed by atoms with Gasteiger partial charge in [0, 0.05) is 30.1 Å². The first-order chi connectivity index (χ1) is 14.2. The van der Waals surface area contributed by atoms with Crippen LogP contribution < -0.4 is 10.5 Å². The Kier molecular flexibility index (Phi) is 5.23. The number of rotatable bonds is 5. The molecule has 2 aromatic heterocycles. The summed E-state index contributed by atoms with van der Waals surface area (Å²) in [5, 5.41) is 3.98. The zero-order valence-corrected chi connectivity index (χ0v) is 17.3. The molecule has 0 saturated carbocycles. The average Bonchev–Trinajstić information content (AvgIpc) is 3.08. The van der Waals surface area contributed by atoms with Gasteiger partial charge in [-0.1, -0.05) is 11.6 Å². The van der Waals surface area contributed by atoms with E-state index in [0.717, 1.165) is 0 Å². The van der Waals surface area contributed by atoms with E-state index < -0.39 is 24.0 Å². The fraction of sp³-hybridized carbons (Fsp3) is 0.421. The molecule has 160 valence electrons. The van der Waals surface area contributed by atoms with E-state index in [-0.39, 0.29) is 27.8 Å². The van der Waals surface area contributed by atoms with Gasteiger partial charge in [-0.2, -0.15) is 5.10 Å². The number of alkyl halides is 2. The van der Waals surface area contributed by atoms with Crippen molar-refractivity contribution in [3.05, 3.63) is 40.1 Å². The standard InChI is InChI=1S/C19H20ClF3N6O/c1-8(29-19-13(15(27-29)17(22)23)18(24)25-7-26-19)10-4-11(20)14(21)12(16(10)30-3)9-5-28(2)6-9/h4,7-9,17H,5-6H2,1-3H3,(H2,24,25,26)/t8-/m1/s1.